The number of aliphatic hydroxyl groups is 3. The molecule has 1 aromatic carbocycles. The van der Waals surface area contributed by atoms with Crippen molar-refractivity contribution in [3.05, 3.63) is 29.5 Å². The second-order valence-electron chi connectivity index (χ2n) is 11.7. The molecular formula is C26H36O8. The van der Waals surface area contributed by atoms with E-state index in [9.17, 15) is 35.1 Å². The highest BCUT2D eigenvalue weighted by Gasteiger charge is 2.53. The lowest BCUT2D eigenvalue weighted by atomic mass is 9.58. The van der Waals surface area contributed by atoms with E-state index in [-0.39, 0.29) is 58.1 Å². The number of carbonyl (C=O) groups is 2. The zero-order valence-corrected chi connectivity index (χ0v) is 20.6. The van der Waals surface area contributed by atoms with Crippen LogP contribution < -0.4 is 4.74 Å². The van der Waals surface area contributed by atoms with Crippen LogP contribution in [0.2, 0.25) is 0 Å². The molecule has 34 heavy (non-hydrogen) atoms. The van der Waals surface area contributed by atoms with Crippen LogP contribution >= 0.6 is 0 Å². The zero-order valence-electron chi connectivity index (χ0n) is 20.6. The van der Waals surface area contributed by atoms with E-state index in [1.54, 1.807) is 0 Å². The van der Waals surface area contributed by atoms with Gasteiger partial charge in [-0.1, -0.05) is 41.5 Å². The fraction of sp³-hybridized carbons (Fsp3) is 0.615. The molecular weight excluding hydrogens is 440 g/mol. The predicted octanol–water partition coefficient (Wildman–Crippen LogP) is 3.05. The molecule has 5 N–H and O–H groups in total. The van der Waals surface area contributed by atoms with Crippen molar-refractivity contribution in [1.82, 2.24) is 0 Å². The first kappa shape index (κ1) is 26.0. The SMILES string of the molecule is CC(C)(C)C1C2C(=O)C=C(O)C(C[C@@H]1O)C2=O.CC(C)(C)C1Oc2cc(O)cc(O)c2C[C@@H]1O. The van der Waals surface area contributed by atoms with Crippen LogP contribution in [0.5, 0.6) is 17.2 Å². The molecule has 8 nitrogen and oxygen atoms in total. The third-order valence-electron chi connectivity index (χ3n) is 6.89. The smallest absolute Gasteiger partial charge is 0.169 e. The van der Waals surface area contributed by atoms with Crippen molar-refractivity contribution in [3.8, 4) is 17.2 Å². The maximum atomic E-state index is 12.1. The van der Waals surface area contributed by atoms with E-state index < -0.39 is 24.0 Å². The molecule has 1 aliphatic heterocycles. The van der Waals surface area contributed by atoms with Gasteiger partial charge in [0.15, 0.2) is 11.6 Å². The van der Waals surface area contributed by atoms with Gasteiger partial charge in [0.05, 0.1) is 24.0 Å². The minimum Gasteiger partial charge on any atom is -0.511 e. The number of phenolic OH excluding ortho intramolecular Hbond substituents is 2. The maximum Gasteiger partial charge on any atom is 0.169 e. The van der Waals surface area contributed by atoms with E-state index in [0.717, 1.165) is 6.08 Å². The molecule has 4 unspecified atom stereocenters. The first-order valence-corrected chi connectivity index (χ1v) is 11.6. The second kappa shape index (κ2) is 8.89. The van der Waals surface area contributed by atoms with E-state index in [2.05, 4.69) is 0 Å². The fourth-order valence-electron chi connectivity index (χ4n) is 5.33. The second-order valence-corrected chi connectivity index (χ2v) is 11.7. The summed E-state index contributed by atoms with van der Waals surface area (Å²) in [4.78, 5) is 24.0. The molecule has 4 rings (SSSR count). The molecule has 0 saturated heterocycles. The number of rotatable bonds is 0. The lowest BCUT2D eigenvalue weighted by Crippen LogP contribution is -2.53. The van der Waals surface area contributed by atoms with Gasteiger partial charge in [0, 0.05) is 41.5 Å². The molecule has 1 fully saturated rings. The van der Waals surface area contributed by atoms with Gasteiger partial charge in [0.25, 0.3) is 0 Å². The molecule has 0 radical (unpaired) electrons. The monoisotopic (exact) mass is 476 g/mol. The number of hydrogen-bond acceptors (Lipinski definition) is 8. The van der Waals surface area contributed by atoms with Gasteiger partial charge in [-0.2, -0.15) is 0 Å². The van der Waals surface area contributed by atoms with Crippen LogP contribution in [0.4, 0.5) is 0 Å². The van der Waals surface area contributed by atoms with Crippen molar-refractivity contribution in [2.24, 2.45) is 28.6 Å². The van der Waals surface area contributed by atoms with Crippen LogP contribution in [0.3, 0.4) is 0 Å². The number of phenols is 2. The van der Waals surface area contributed by atoms with Crippen molar-refractivity contribution in [2.75, 3.05) is 0 Å². The number of fused-ring (bicyclic) bond motifs is 3. The average Bonchev–Trinajstić information content (AvgIpc) is 2.66. The Morgan fingerprint density at radius 3 is 2.09 bits per heavy atom. The molecule has 2 aliphatic carbocycles. The number of Topliss-reactive ketones (excluding diaryl/α,β-unsaturated/α-hetero) is 1. The third-order valence-corrected chi connectivity index (χ3v) is 6.89. The summed E-state index contributed by atoms with van der Waals surface area (Å²) < 4.78 is 5.70. The lowest BCUT2D eigenvalue weighted by Gasteiger charge is -2.45. The van der Waals surface area contributed by atoms with E-state index >= 15 is 0 Å². The summed E-state index contributed by atoms with van der Waals surface area (Å²) in [6, 6.07) is 2.73. The normalized spacial score (nSPS) is 31.0. The molecule has 1 heterocycles. The molecule has 0 spiro atoms. The van der Waals surface area contributed by atoms with Crippen LogP contribution in [0.15, 0.2) is 24.0 Å². The van der Waals surface area contributed by atoms with Crippen molar-refractivity contribution in [3.63, 3.8) is 0 Å². The topological polar surface area (TPSA) is 145 Å². The van der Waals surface area contributed by atoms with Gasteiger partial charge in [0.1, 0.15) is 29.1 Å². The number of carbonyl (C=O) groups excluding carboxylic acids is 2. The third kappa shape index (κ3) is 4.93. The van der Waals surface area contributed by atoms with E-state index in [1.807, 2.05) is 41.5 Å². The summed E-state index contributed by atoms with van der Waals surface area (Å²) >= 11 is 0. The van der Waals surface area contributed by atoms with E-state index in [1.165, 1.54) is 12.1 Å². The Labute approximate surface area is 199 Å². The Kier molecular flexibility index (Phi) is 6.81. The van der Waals surface area contributed by atoms with Gasteiger partial charge in [-0.25, -0.2) is 0 Å². The van der Waals surface area contributed by atoms with Crippen LogP contribution in [-0.4, -0.2) is 55.4 Å². The molecule has 0 amide bonds. The van der Waals surface area contributed by atoms with Crippen LogP contribution in [-0.2, 0) is 16.0 Å². The summed E-state index contributed by atoms with van der Waals surface area (Å²) in [5, 5.41) is 48.9. The summed E-state index contributed by atoms with van der Waals surface area (Å²) in [7, 11) is 0. The molecule has 6 atom stereocenters. The fourth-order valence-corrected chi connectivity index (χ4v) is 5.33. The van der Waals surface area contributed by atoms with Gasteiger partial charge in [0.2, 0.25) is 0 Å². The Balaban J connectivity index is 0.000000191. The molecule has 8 heteroatoms. The molecule has 2 bridgehead atoms. The van der Waals surface area contributed by atoms with Crippen LogP contribution in [0, 0.1) is 28.6 Å². The Hall–Kier alpha value is -2.58. The van der Waals surface area contributed by atoms with Crippen molar-refractivity contribution < 1.29 is 39.9 Å². The van der Waals surface area contributed by atoms with Gasteiger partial charge in [-0.05, 0) is 11.8 Å². The van der Waals surface area contributed by atoms with Crippen molar-refractivity contribution >= 4 is 11.6 Å². The summed E-state index contributed by atoms with van der Waals surface area (Å²) in [5.74, 6) is -2.27. The first-order valence-electron chi connectivity index (χ1n) is 11.6. The predicted molar refractivity (Wildman–Crippen MR) is 125 cm³/mol. The number of benzene rings is 1. The average molecular weight is 477 g/mol. The number of allylic oxidation sites excluding steroid dienone is 2. The number of hydrogen-bond donors (Lipinski definition) is 5. The zero-order chi connectivity index (χ0) is 25.7. The lowest BCUT2D eigenvalue weighted by molar-refractivity contribution is -0.150. The Morgan fingerprint density at radius 1 is 0.912 bits per heavy atom. The van der Waals surface area contributed by atoms with Gasteiger partial charge in [-0.3, -0.25) is 9.59 Å². The number of ether oxygens (including phenoxy) is 1. The highest BCUT2D eigenvalue weighted by Crippen LogP contribution is 2.46. The molecule has 1 saturated carbocycles. The Bertz CT molecular complexity index is 997. The van der Waals surface area contributed by atoms with Gasteiger partial charge in [-0.15, -0.1) is 0 Å². The van der Waals surface area contributed by atoms with Crippen LogP contribution in [0.25, 0.3) is 0 Å². The molecule has 0 aromatic heterocycles. The summed E-state index contributed by atoms with van der Waals surface area (Å²) in [6.45, 7) is 11.7. The van der Waals surface area contributed by atoms with Crippen molar-refractivity contribution in [1.29, 1.82) is 0 Å². The van der Waals surface area contributed by atoms with Crippen molar-refractivity contribution in [2.45, 2.75) is 72.7 Å². The summed E-state index contributed by atoms with van der Waals surface area (Å²) in [5.41, 5.74) is 0.0233. The maximum absolute atomic E-state index is 12.1. The van der Waals surface area contributed by atoms with E-state index in [4.69, 9.17) is 4.74 Å². The quantitative estimate of drug-likeness (QED) is 0.359. The highest BCUT2D eigenvalue weighted by atomic mass is 16.5. The van der Waals surface area contributed by atoms with Gasteiger partial charge >= 0.3 is 0 Å². The minimum atomic E-state index is -0.792. The summed E-state index contributed by atoms with van der Waals surface area (Å²) in [6.07, 6.45) is -0.0194. The highest BCUT2D eigenvalue weighted by molar-refractivity contribution is 6.12. The minimum absolute atomic E-state index is 0.0357. The first-order chi connectivity index (χ1) is 15.5. The standard InChI is InChI=1S/2C13H18O4/c1-13(2,3)12-10(16)6-8-9(15)4-7(14)5-11(8)17-12;1-13(2,3)11-9(16)4-6-7(14)5-8(15)10(11)12(6)17/h4-5,10,12,14-16H,6H2,1-3H3;5-6,9-11,14,16H,4H2,1-3H3/t10-,12?;6?,9-,10?,11?/m00/s1. The number of aromatic hydroxyl groups is 2. The number of aliphatic hydroxyl groups excluding tert-OH is 3. The number of ketones is 2. The molecule has 188 valence electrons. The van der Waals surface area contributed by atoms with E-state index in [0.29, 0.717) is 17.7 Å². The molecule has 1 aromatic rings. The van der Waals surface area contributed by atoms with Crippen LogP contribution in [0.1, 0.15) is 53.5 Å². The largest absolute Gasteiger partial charge is 0.511 e. The molecule has 3 aliphatic rings. The Morgan fingerprint density at radius 2 is 1.53 bits per heavy atom. The van der Waals surface area contributed by atoms with Gasteiger partial charge < -0.3 is 30.3 Å².